The molecule has 10 heterocycles. The van der Waals surface area contributed by atoms with Gasteiger partial charge in [-0.2, -0.15) is 52.7 Å². The SMILES string of the molecule is CSc1ccc2nc(-c3cc(NC(=O)c4ccc(C(F)(F)F)nc4C)ccc3Cl)[nH]c2c1.Cc1nc(C(F)(F)F)ccc1C(=O)Nc1ccc(Cl)c(-c2nc3cc(Cl)ncc3[nH]2)c1.Cc1nc(C(F)(F)F)ccc1C(=O)Nc1ccc(Cl)c(-c2nc3ccccc3n2CCN2CCOCC2)c1.Cc1nc(C(F)(F)F)ccc1C(=O)Nc1ccc(Cl)c(-c2nc3ccccc3s2)c1. The maximum absolute atomic E-state index is 13.0. The van der Waals surface area contributed by atoms with E-state index in [1.54, 1.807) is 90.6 Å². The third-order valence-corrected chi connectivity index (χ3v) is 23.4. The molecule has 0 radical (unpaired) electrons. The number of carbonyl (C=O) groups is 4. The van der Waals surface area contributed by atoms with Gasteiger partial charge in [0.2, 0.25) is 0 Å². The number of benzene rings is 7. The van der Waals surface area contributed by atoms with Crippen LogP contribution in [0.4, 0.5) is 75.4 Å². The first-order valence-electron chi connectivity index (χ1n) is 39.0. The van der Waals surface area contributed by atoms with Crippen LogP contribution in [0.5, 0.6) is 0 Å². The maximum Gasteiger partial charge on any atom is 0.433 e. The molecular formula is C90H66Cl5F12N17O5S2. The van der Waals surface area contributed by atoms with Crippen LogP contribution in [-0.4, -0.2) is 127 Å². The van der Waals surface area contributed by atoms with Crippen molar-refractivity contribution in [3.8, 4) is 44.7 Å². The third kappa shape index (κ3) is 22.7. The number of thiazole rings is 1. The summed E-state index contributed by atoms with van der Waals surface area (Å²) in [5.41, 5.74) is 5.41. The second kappa shape index (κ2) is 39.6. The quantitative estimate of drug-likeness (QED) is 0.0298. The van der Waals surface area contributed by atoms with Gasteiger partial charge in [-0.25, -0.2) is 44.9 Å². The lowest BCUT2D eigenvalue weighted by Gasteiger charge is -2.27. The van der Waals surface area contributed by atoms with Gasteiger partial charge in [-0.3, -0.25) is 24.1 Å². The van der Waals surface area contributed by atoms with E-state index in [-0.39, 0.29) is 50.2 Å². The molecule has 0 bridgehead atoms. The number of rotatable bonds is 16. The smallest absolute Gasteiger partial charge is 0.379 e. The first kappa shape index (κ1) is 94.5. The number of amides is 4. The number of aryl methyl sites for hydroxylation is 4. The van der Waals surface area contributed by atoms with E-state index < -0.39 is 71.1 Å². The Morgan fingerprint density at radius 1 is 0.420 bits per heavy atom. The van der Waals surface area contributed by atoms with Crippen LogP contribution in [0, 0.1) is 27.7 Å². The minimum absolute atomic E-state index is 0.0114. The largest absolute Gasteiger partial charge is 0.433 e. The van der Waals surface area contributed by atoms with Crippen molar-refractivity contribution >= 4 is 171 Å². The summed E-state index contributed by atoms with van der Waals surface area (Å²) in [5, 5.41) is 13.5. The van der Waals surface area contributed by atoms with E-state index in [2.05, 4.69) is 80.6 Å². The number of thioether (sulfide) groups is 1. The van der Waals surface area contributed by atoms with E-state index in [0.717, 1.165) is 105 Å². The number of pyridine rings is 5. The number of imidazole rings is 3. The number of anilines is 4. The fourth-order valence-corrected chi connectivity index (χ4v) is 16.0. The Bertz CT molecular complexity index is 7030. The van der Waals surface area contributed by atoms with Crippen LogP contribution in [0.2, 0.25) is 25.2 Å². The molecule has 0 saturated carbocycles. The molecule has 16 aromatic rings. The van der Waals surface area contributed by atoms with E-state index in [4.69, 9.17) is 67.7 Å². The van der Waals surface area contributed by atoms with Crippen LogP contribution < -0.4 is 21.3 Å². The number of halogens is 17. The molecule has 6 N–H and O–H groups in total. The number of fused-ring (bicyclic) bond motifs is 4. The highest BCUT2D eigenvalue weighted by Crippen LogP contribution is 2.41. The van der Waals surface area contributed by atoms with Crippen molar-refractivity contribution in [2.75, 3.05) is 60.4 Å². The zero-order valence-corrected chi connectivity index (χ0v) is 73.9. The number of morpholine rings is 1. The van der Waals surface area contributed by atoms with Crippen LogP contribution in [0.1, 0.15) is 87.0 Å². The molecule has 1 saturated heterocycles. The number of ether oxygens (including phenoxy) is 1. The highest BCUT2D eigenvalue weighted by atomic mass is 35.5. The Morgan fingerprint density at radius 2 is 0.824 bits per heavy atom. The topological polar surface area (TPSA) is 281 Å². The number of aromatic amines is 2. The average Bonchev–Trinajstić information content (AvgIpc) is 1.64. The number of para-hydroxylation sites is 3. The number of nitrogens with one attached hydrogen (secondary N) is 6. The molecule has 4 amide bonds. The number of alkyl halides is 12. The van der Waals surface area contributed by atoms with Gasteiger partial charge in [0.15, 0.2) is 0 Å². The van der Waals surface area contributed by atoms with E-state index >= 15 is 0 Å². The molecule has 1 aliphatic heterocycles. The number of aromatic nitrogens is 12. The Hall–Kier alpha value is -12.7. The molecule has 1 aliphatic rings. The lowest BCUT2D eigenvalue weighted by molar-refractivity contribution is -0.142. The first-order chi connectivity index (χ1) is 62.2. The molecule has 1 fully saturated rings. The summed E-state index contributed by atoms with van der Waals surface area (Å²) in [7, 11) is 0. The highest BCUT2D eigenvalue weighted by molar-refractivity contribution is 7.98. The number of H-pyrrole nitrogens is 2. The summed E-state index contributed by atoms with van der Waals surface area (Å²) in [6.45, 7) is 10.1. The van der Waals surface area contributed by atoms with Crippen molar-refractivity contribution in [1.82, 2.24) is 64.3 Å². The molecule has 41 heteroatoms. The van der Waals surface area contributed by atoms with Gasteiger partial charge in [-0.15, -0.1) is 23.1 Å². The second-order valence-corrected chi connectivity index (χ2v) is 32.9. The van der Waals surface area contributed by atoms with Crippen LogP contribution in [0.15, 0.2) is 205 Å². The minimum atomic E-state index is -4.59. The maximum atomic E-state index is 13.0. The molecule has 0 spiro atoms. The van der Waals surface area contributed by atoms with Gasteiger partial charge < -0.3 is 40.5 Å². The molecular weight excluding hydrogens is 1870 g/mol. The van der Waals surface area contributed by atoms with Gasteiger partial charge in [0.1, 0.15) is 50.4 Å². The third-order valence-electron chi connectivity index (χ3n) is 20.1. The van der Waals surface area contributed by atoms with Crippen molar-refractivity contribution in [2.45, 2.75) is 63.8 Å². The summed E-state index contributed by atoms with van der Waals surface area (Å²) in [6, 6.07) is 50.1. The normalized spacial score (nSPS) is 12.5. The Morgan fingerprint density at radius 3 is 1.27 bits per heavy atom. The lowest BCUT2D eigenvalue weighted by Crippen LogP contribution is -2.38. The summed E-state index contributed by atoms with van der Waals surface area (Å²) >= 11 is 34.6. The average molecular weight is 1940 g/mol. The van der Waals surface area contributed by atoms with E-state index in [9.17, 15) is 71.9 Å². The summed E-state index contributed by atoms with van der Waals surface area (Å²) in [4.78, 5) is 96.9. The molecule has 0 atom stereocenters. The number of hydrogen-bond acceptors (Lipinski definition) is 17. The van der Waals surface area contributed by atoms with Crippen LogP contribution in [-0.2, 0) is 36.0 Å². The van der Waals surface area contributed by atoms with Crippen molar-refractivity contribution < 1.29 is 76.6 Å². The highest BCUT2D eigenvalue weighted by Gasteiger charge is 2.37. The summed E-state index contributed by atoms with van der Waals surface area (Å²) in [5.74, 6) is -0.685. The predicted octanol–water partition coefficient (Wildman–Crippen LogP) is 24.7. The van der Waals surface area contributed by atoms with Gasteiger partial charge in [0.05, 0.1) is 128 Å². The fraction of sp³-hybridized carbons (Fsp3) is 0.167. The van der Waals surface area contributed by atoms with Gasteiger partial charge in [-0.05, 0) is 198 Å². The molecule has 0 unspecified atom stereocenters. The summed E-state index contributed by atoms with van der Waals surface area (Å²) in [6.07, 6.45) is -14.8. The van der Waals surface area contributed by atoms with Crippen molar-refractivity contribution in [3.05, 3.63) is 293 Å². The lowest BCUT2D eigenvalue weighted by atomic mass is 10.1. The van der Waals surface area contributed by atoms with Gasteiger partial charge in [0, 0.05) is 82.1 Å². The zero-order valence-electron chi connectivity index (χ0n) is 68.5. The van der Waals surface area contributed by atoms with Crippen LogP contribution in [0.25, 0.3) is 88.1 Å². The molecule has 131 heavy (non-hydrogen) atoms. The minimum Gasteiger partial charge on any atom is -0.379 e. The number of hydrogen-bond donors (Lipinski definition) is 6. The van der Waals surface area contributed by atoms with Crippen molar-refractivity contribution in [2.24, 2.45) is 0 Å². The zero-order chi connectivity index (χ0) is 93.7. The molecule has 0 aliphatic carbocycles. The van der Waals surface area contributed by atoms with Crippen molar-refractivity contribution in [1.29, 1.82) is 0 Å². The monoisotopic (exact) mass is 1930 g/mol. The molecule has 22 nitrogen and oxygen atoms in total. The predicted molar refractivity (Wildman–Crippen MR) is 483 cm³/mol. The molecule has 7 aromatic carbocycles. The van der Waals surface area contributed by atoms with E-state index in [1.165, 1.54) is 45.2 Å². The van der Waals surface area contributed by atoms with Gasteiger partial charge in [-0.1, -0.05) is 82.3 Å². The molecule has 17 rings (SSSR count). The number of carbonyl (C=O) groups excluding carboxylic acids is 4. The second-order valence-electron chi connectivity index (χ2n) is 29.0. The Labute approximate surface area is 769 Å². The van der Waals surface area contributed by atoms with Crippen LogP contribution in [0.3, 0.4) is 0 Å². The fourth-order valence-electron chi connectivity index (χ4n) is 13.6. The Balaban J connectivity index is 0.000000141. The molecule has 672 valence electrons. The van der Waals surface area contributed by atoms with E-state index in [0.29, 0.717) is 118 Å². The van der Waals surface area contributed by atoms with Gasteiger partial charge >= 0.3 is 24.7 Å². The summed E-state index contributed by atoms with van der Waals surface area (Å²) < 4.78 is 163. The van der Waals surface area contributed by atoms with Crippen LogP contribution >= 0.6 is 81.1 Å². The van der Waals surface area contributed by atoms with Crippen molar-refractivity contribution in [3.63, 3.8) is 0 Å². The molecule has 9 aromatic heterocycles. The number of nitrogens with zero attached hydrogens (tertiary/aromatic N) is 11. The Kier molecular flexibility index (Phi) is 28.5. The van der Waals surface area contributed by atoms with E-state index in [1.807, 2.05) is 73.0 Å². The standard InChI is InChI=1S/C27H25ClF3N5O2.C22H16ClF3N4OS.C21H13ClF3N3OS.C20H12Cl2F3N5O/c1-17-19(7-9-24(32-17)27(29,30)31)26(37)33-18-6-8-21(28)20(16-18)25-34-22-4-2-3-5-23(22)36(25)11-10-35-12-14-38-15-13-35;1-11-14(5-8-19(27-11)22(24,25)26)21(31)28-12-3-6-16(23)15(9-12)20-29-17-7-4-13(32-2)10-18(17)30-20;1-11-13(7-9-18(26-11)21(23,24)25)19(29)27-12-6-8-15(22)14(10-12)20-28-16-4-2-3-5-17(16)30-20;1-9-11(3-5-16(27-9)20(23,24)25)19(31)28-10-2-4-13(21)12(6-10)18-29-14-7-17(22)26-8-15(14)30-18/h2-9,16H,10-15H2,1H3,(H,33,37);3-10H,1-2H3,(H,28,31)(H,29,30);2-10H,1H3,(H,27,29);2-8H,1H3,(H,28,31)(H,29,30). The van der Waals surface area contributed by atoms with Gasteiger partial charge in [0.25, 0.3) is 23.6 Å². The first-order valence-corrected chi connectivity index (χ1v) is 42.9.